The fraction of sp³-hybridized carbons (Fsp3) is 0.421. The highest BCUT2D eigenvalue weighted by Gasteiger charge is 2.19. The quantitative estimate of drug-likeness (QED) is 0.589. The summed E-state index contributed by atoms with van der Waals surface area (Å²) in [7, 11) is 3.04. The summed E-state index contributed by atoms with van der Waals surface area (Å²) in [6, 6.07) is 6.11. The lowest BCUT2D eigenvalue weighted by Gasteiger charge is -2.10. The second kappa shape index (κ2) is 7.87. The normalized spacial score (nSPS) is 11.4. The zero-order valence-corrected chi connectivity index (χ0v) is 15.7. The summed E-state index contributed by atoms with van der Waals surface area (Å²) in [5.74, 6) is 0.337. The van der Waals surface area contributed by atoms with Crippen molar-refractivity contribution in [3.8, 4) is 0 Å². The Morgan fingerprint density at radius 2 is 1.78 bits per heavy atom. The number of fused-ring (bicyclic) bond motifs is 1. The number of aromatic nitrogens is 4. The number of benzene rings is 1. The van der Waals surface area contributed by atoms with Gasteiger partial charge in [0.25, 0.3) is 5.56 Å². The summed E-state index contributed by atoms with van der Waals surface area (Å²) in [5.41, 5.74) is 0.712. The van der Waals surface area contributed by atoms with Crippen LogP contribution in [0.4, 0.5) is 4.39 Å². The molecule has 0 aliphatic heterocycles. The molecule has 7 nitrogen and oxygen atoms in total. The van der Waals surface area contributed by atoms with Crippen LogP contribution in [0.15, 0.2) is 33.9 Å². The number of halogens is 1. The summed E-state index contributed by atoms with van der Waals surface area (Å²) in [5, 5.41) is 0. The summed E-state index contributed by atoms with van der Waals surface area (Å²) in [6.07, 6.45) is 1.42. The van der Waals surface area contributed by atoms with E-state index in [1.807, 2.05) is 6.92 Å². The molecule has 2 heterocycles. The first-order valence-electron chi connectivity index (χ1n) is 8.91. The second-order valence-corrected chi connectivity index (χ2v) is 6.48. The molecule has 0 aliphatic rings. The van der Waals surface area contributed by atoms with Crippen LogP contribution in [0, 0.1) is 5.82 Å². The average Bonchev–Trinajstić information content (AvgIpc) is 3.02. The molecule has 8 heteroatoms. The third kappa shape index (κ3) is 3.71. The standard InChI is InChI=1S/C19H23FN4O3/c1-4-10-27-11-9-15-21-17-16(18(25)23(3)19(26)22(17)2)24(15)12-13-5-7-14(20)8-6-13/h5-8H,4,9-12H2,1-3H3. The van der Waals surface area contributed by atoms with E-state index in [1.165, 1.54) is 23.7 Å². The molecule has 0 aliphatic carbocycles. The van der Waals surface area contributed by atoms with Crippen LogP contribution in [-0.4, -0.2) is 31.9 Å². The third-order valence-corrected chi connectivity index (χ3v) is 4.50. The molecule has 27 heavy (non-hydrogen) atoms. The Bertz CT molecular complexity index is 1060. The first kappa shape index (κ1) is 19.0. The van der Waals surface area contributed by atoms with Crippen LogP contribution in [0.5, 0.6) is 0 Å². The van der Waals surface area contributed by atoms with Crippen molar-refractivity contribution in [2.45, 2.75) is 26.3 Å². The lowest BCUT2D eigenvalue weighted by molar-refractivity contribution is 0.136. The minimum Gasteiger partial charge on any atom is -0.381 e. The van der Waals surface area contributed by atoms with Crippen molar-refractivity contribution in [3.05, 3.63) is 62.3 Å². The predicted molar refractivity (Wildman–Crippen MR) is 101 cm³/mol. The van der Waals surface area contributed by atoms with Gasteiger partial charge in [-0.2, -0.15) is 0 Å². The maximum absolute atomic E-state index is 13.2. The number of hydrogen-bond acceptors (Lipinski definition) is 4. The smallest absolute Gasteiger partial charge is 0.332 e. The SMILES string of the molecule is CCCOCCc1nc2c(c(=O)n(C)c(=O)n2C)n1Cc1ccc(F)cc1. The zero-order chi connectivity index (χ0) is 19.6. The molecular formula is C19H23FN4O3. The van der Waals surface area contributed by atoms with E-state index in [0.29, 0.717) is 43.2 Å². The first-order chi connectivity index (χ1) is 12.9. The van der Waals surface area contributed by atoms with Crippen LogP contribution in [0.2, 0.25) is 0 Å². The van der Waals surface area contributed by atoms with E-state index in [9.17, 15) is 14.0 Å². The Morgan fingerprint density at radius 1 is 1.07 bits per heavy atom. The van der Waals surface area contributed by atoms with Crippen LogP contribution in [0.3, 0.4) is 0 Å². The van der Waals surface area contributed by atoms with Crippen molar-refractivity contribution in [1.82, 2.24) is 18.7 Å². The fourth-order valence-electron chi connectivity index (χ4n) is 3.04. The molecule has 0 fully saturated rings. The van der Waals surface area contributed by atoms with Gasteiger partial charge in [-0.3, -0.25) is 13.9 Å². The van der Waals surface area contributed by atoms with Crippen LogP contribution < -0.4 is 11.2 Å². The van der Waals surface area contributed by atoms with E-state index in [1.54, 1.807) is 23.7 Å². The molecule has 0 radical (unpaired) electrons. The maximum Gasteiger partial charge on any atom is 0.332 e. The summed E-state index contributed by atoms with van der Waals surface area (Å²) >= 11 is 0. The largest absolute Gasteiger partial charge is 0.381 e. The number of hydrogen-bond donors (Lipinski definition) is 0. The first-order valence-corrected chi connectivity index (χ1v) is 8.91. The molecule has 0 amide bonds. The predicted octanol–water partition coefficient (Wildman–Crippen LogP) is 1.59. The molecule has 2 aromatic heterocycles. The highest BCUT2D eigenvalue weighted by atomic mass is 19.1. The van der Waals surface area contributed by atoms with E-state index in [4.69, 9.17) is 4.74 Å². The van der Waals surface area contributed by atoms with Gasteiger partial charge in [-0.15, -0.1) is 0 Å². The van der Waals surface area contributed by atoms with Crippen molar-refractivity contribution in [2.75, 3.05) is 13.2 Å². The third-order valence-electron chi connectivity index (χ3n) is 4.50. The van der Waals surface area contributed by atoms with Gasteiger partial charge in [0.1, 0.15) is 11.6 Å². The molecule has 1 aromatic carbocycles. The van der Waals surface area contributed by atoms with E-state index in [2.05, 4.69) is 4.98 Å². The van der Waals surface area contributed by atoms with Crippen molar-refractivity contribution < 1.29 is 9.13 Å². The van der Waals surface area contributed by atoms with Gasteiger partial charge in [0.15, 0.2) is 11.2 Å². The Balaban J connectivity index is 2.12. The van der Waals surface area contributed by atoms with Crippen LogP contribution in [0.1, 0.15) is 24.7 Å². The summed E-state index contributed by atoms with van der Waals surface area (Å²) in [4.78, 5) is 29.5. The molecule has 0 saturated heterocycles. The van der Waals surface area contributed by atoms with Crippen LogP contribution in [0.25, 0.3) is 11.2 Å². The van der Waals surface area contributed by atoms with E-state index >= 15 is 0 Å². The van der Waals surface area contributed by atoms with Gasteiger partial charge >= 0.3 is 5.69 Å². The Hall–Kier alpha value is -2.74. The van der Waals surface area contributed by atoms with Gasteiger partial charge in [0, 0.05) is 33.7 Å². The number of ether oxygens (including phenoxy) is 1. The Morgan fingerprint density at radius 3 is 2.44 bits per heavy atom. The summed E-state index contributed by atoms with van der Waals surface area (Å²) in [6.45, 7) is 3.50. The highest BCUT2D eigenvalue weighted by molar-refractivity contribution is 5.71. The van der Waals surface area contributed by atoms with Gasteiger partial charge < -0.3 is 9.30 Å². The van der Waals surface area contributed by atoms with E-state index in [0.717, 1.165) is 16.6 Å². The van der Waals surface area contributed by atoms with Gasteiger partial charge in [-0.1, -0.05) is 19.1 Å². The Kier molecular flexibility index (Phi) is 5.55. The van der Waals surface area contributed by atoms with Crippen molar-refractivity contribution in [1.29, 1.82) is 0 Å². The van der Waals surface area contributed by atoms with Gasteiger partial charge in [0.05, 0.1) is 6.61 Å². The summed E-state index contributed by atoms with van der Waals surface area (Å²) < 4.78 is 23.0. The lowest BCUT2D eigenvalue weighted by Crippen LogP contribution is -2.37. The number of rotatable bonds is 7. The number of imidazole rings is 1. The minimum absolute atomic E-state index is 0.319. The topological polar surface area (TPSA) is 71.1 Å². The van der Waals surface area contributed by atoms with Crippen molar-refractivity contribution in [3.63, 3.8) is 0 Å². The molecule has 0 unspecified atom stereocenters. The minimum atomic E-state index is -0.423. The number of aryl methyl sites for hydroxylation is 1. The maximum atomic E-state index is 13.2. The molecule has 3 aromatic rings. The van der Waals surface area contributed by atoms with Gasteiger partial charge in [-0.05, 0) is 24.1 Å². The molecule has 144 valence electrons. The Labute approximate surface area is 155 Å². The zero-order valence-electron chi connectivity index (χ0n) is 15.7. The molecular weight excluding hydrogens is 351 g/mol. The average molecular weight is 374 g/mol. The molecule has 3 rings (SSSR count). The van der Waals surface area contributed by atoms with Gasteiger partial charge in [0.2, 0.25) is 0 Å². The van der Waals surface area contributed by atoms with E-state index < -0.39 is 11.2 Å². The molecule has 0 N–H and O–H groups in total. The molecule has 0 spiro atoms. The molecule has 0 atom stereocenters. The fourth-order valence-corrected chi connectivity index (χ4v) is 3.04. The van der Waals surface area contributed by atoms with E-state index in [-0.39, 0.29) is 5.82 Å². The highest BCUT2D eigenvalue weighted by Crippen LogP contribution is 2.15. The second-order valence-electron chi connectivity index (χ2n) is 6.48. The van der Waals surface area contributed by atoms with Crippen molar-refractivity contribution >= 4 is 11.2 Å². The van der Waals surface area contributed by atoms with Crippen molar-refractivity contribution in [2.24, 2.45) is 14.1 Å². The lowest BCUT2D eigenvalue weighted by atomic mass is 10.2. The van der Waals surface area contributed by atoms with Crippen LogP contribution >= 0.6 is 0 Å². The molecule has 0 saturated carbocycles. The van der Waals surface area contributed by atoms with Crippen LogP contribution in [-0.2, 0) is 31.8 Å². The number of nitrogens with zero attached hydrogens (tertiary/aromatic N) is 4. The molecule has 0 bridgehead atoms. The van der Waals surface area contributed by atoms with Gasteiger partial charge in [-0.25, -0.2) is 14.2 Å². The monoisotopic (exact) mass is 374 g/mol.